The molecule has 3 atom stereocenters. The maximum Gasteiger partial charge on any atom is 0.302 e. The van der Waals surface area contributed by atoms with E-state index in [0.29, 0.717) is 6.42 Å². The lowest BCUT2D eigenvalue weighted by Crippen LogP contribution is -2.40. The van der Waals surface area contributed by atoms with Crippen molar-refractivity contribution in [1.82, 2.24) is 0 Å². The van der Waals surface area contributed by atoms with Crippen LogP contribution in [0.25, 0.3) is 0 Å². The molecule has 0 aromatic heterocycles. The van der Waals surface area contributed by atoms with Crippen LogP contribution in [-0.4, -0.2) is 36.5 Å². The fourth-order valence-corrected chi connectivity index (χ4v) is 1.45. The fourth-order valence-electron chi connectivity index (χ4n) is 1.45. The highest BCUT2D eigenvalue weighted by Gasteiger charge is 2.27. The average Bonchev–Trinajstić information content (AvgIpc) is 2.03. The van der Waals surface area contributed by atoms with E-state index in [1.807, 2.05) is 6.92 Å². The first-order valence-electron chi connectivity index (χ1n) is 4.91. The number of carbonyl (C=O) groups is 1. The Kier molecular flexibility index (Phi) is 6.49. The van der Waals surface area contributed by atoms with E-state index in [1.54, 1.807) is 6.92 Å². The molecule has 0 saturated heterocycles. The van der Waals surface area contributed by atoms with Gasteiger partial charge in [0.25, 0.3) is 0 Å². The van der Waals surface area contributed by atoms with Gasteiger partial charge in [0, 0.05) is 14.0 Å². The molecule has 0 rings (SSSR count). The van der Waals surface area contributed by atoms with Crippen molar-refractivity contribution in [3.63, 3.8) is 0 Å². The van der Waals surface area contributed by atoms with Gasteiger partial charge in [-0.1, -0.05) is 13.3 Å². The summed E-state index contributed by atoms with van der Waals surface area (Å²) in [7, 11) is 1.50. The molecular formula is C10H20O4. The summed E-state index contributed by atoms with van der Waals surface area (Å²) in [6.07, 6.45) is 0.130. The molecule has 0 saturated carbocycles. The summed E-state index contributed by atoms with van der Waals surface area (Å²) < 4.78 is 10.2. The molecule has 0 aromatic carbocycles. The number of carbonyl (C=O) groups excluding carboxylic acids is 1. The molecule has 84 valence electrons. The Bertz CT molecular complexity index is 168. The largest absolute Gasteiger partial charge is 0.460 e. The van der Waals surface area contributed by atoms with Crippen molar-refractivity contribution >= 4 is 5.97 Å². The van der Waals surface area contributed by atoms with E-state index < -0.39 is 12.2 Å². The first kappa shape index (κ1) is 13.4. The van der Waals surface area contributed by atoms with Crippen molar-refractivity contribution in [2.75, 3.05) is 7.11 Å². The Morgan fingerprint density at radius 3 is 2.36 bits per heavy atom. The third kappa shape index (κ3) is 4.58. The van der Waals surface area contributed by atoms with Crippen molar-refractivity contribution in [2.24, 2.45) is 0 Å². The molecule has 4 nitrogen and oxygen atoms in total. The number of hydrogen-bond donors (Lipinski definition) is 1. The highest BCUT2D eigenvalue weighted by molar-refractivity contribution is 5.66. The normalized spacial score (nSPS) is 17.2. The number of methoxy groups -OCH3 is 1. The van der Waals surface area contributed by atoms with Gasteiger partial charge in [-0.05, 0) is 13.3 Å². The topological polar surface area (TPSA) is 55.8 Å². The zero-order chi connectivity index (χ0) is 11.1. The summed E-state index contributed by atoms with van der Waals surface area (Å²) in [5.41, 5.74) is 0. The third-order valence-electron chi connectivity index (χ3n) is 2.00. The quantitative estimate of drug-likeness (QED) is 0.658. The summed E-state index contributed by atoms with van der Waals surface area (Å²) in [6, 6.07) is 0. The van der Waals surface area contributed by atoms with Gasteiger partial charge >= 0.3 is 5.97 Å². The summed E-state index contributed by atoms with van der Waals surface area (Å²) >= 11 is 0. The zero-order valence-corrected chi connectivity index (χ0v) is 9.32. The maximum absolute atomic E-state index is 10.8. The molecule has 0 amide bonds. The molecule has 0 aromatic rings. The SMILES string of the molecule is CCCC(OC(C)=O)C(OC)C(C)O. The van der Waals surface area contributed by atoms with E-state index in [1.165, 1.54) is 14.0 Å². The number of rotatable bonds is 6. The highest BCUT2D eigenvalue weighted by Crippen LogP contribution is 2.14. The Balaban J connectivity index is 4.34. The predicted octanol–water partition coefficient (Wildman–Crippen LogP) is 1.11. The number of aliphatic hydroxyl groups excluding tert-OH is 1. The molecule has 0 radical (unpaired) electrons. The zero-order valence-electron chi connectivity index (χ0n) is 9.32. The van der Waals surface area contributed by atoms with Gasteiger partial charge in [-0.3, -0.25) is 4.79 Å². The average molecular weight is 204 g/mol. The highest BCUT2D eigenvalue weighted by atomic mass is 16.6. The van der Waals surface area contributed by atoms with E-state index in [9.17, 15) is 9.90 Å². The van der Waals surface area contributed by atoms with Crippen LogP contribution >= 0.6 is 0 Å². The Labute approximate surface area is 85.2 Å². The molecule has 4 heteroatoms. The van der Waals surface area contributed by atoms with Crippen molar-refractivity contribution in [3.8, 4) is 0 Å². The van der Waals surface area contributed by atoms with Crippen molar-refractivity contribution in [1.29, 1.82) is 0 Å². The van der Waals surface area contributed by atoms with Gasteiger partial charge in [0.15, 0.2) is 0 Å². The van der Waals surface area contributed by atoms with Crippen LogP contribution in [0.15, 0.2) is 0 Å². The van der Waals surface area contributed by atoms with Crippen LogP contribution in [0.5, 0.6) is 0 Å². The molecule has 0 aliphatic heterocycles. The first-order valence-corrected chi connectivity index (χ1v) is 4.91. The molecule has 14 heavy (non-hydrogen) atoms. The van der Waals surface area contributed by atoms with Gasteiger partial charge in [-0.15, -0.1) is 0 Å². The van der Waals surface area contributed by atoms with Gasteiger partial charge in [0.2, 0.25) is 0 Å². The molecule has 1 N–H and O–H groups in total. The smallest absolute Gasteiger partial charge is 0.302 e. The molecule has 0 aliphatic carbocycles. The van der Waals surface area contributed by atoms with Gasteiger partial charge in [0.05, 0.1) is 6.10 Å². The van der Waals surface area contributed by atoms with Crippen LogP contribution in [0.3, 0.4) is 0 Å². The minimum Gasteiger partial charge on any atom is -0.460 e. The molecule has 0 aliphatic rings. The molecule has 3 unspecified atom stereocenters. The number of aliphatic hydroxyl groups is 1. The Morgan fingerprint density at radius 2 is 2.07 bits per heavy atom. The van der Waals surface area contributed by atoms with Crippen LogP contribution in [0.4, 0.5) is 0 Å². The second-order valence-electron chi connectivity index (χ2n) is 3.38. The fraction of sp³-hybridized carbons (Fsp3) is 0.900. The summed E-state index contributed by atoms with van der Waals surface area (Å²) in [5, 5.41) is 9.41. The maximum atomic E-state index is 10.8. The molecular weight excluding hydrogens is 184 g/mol. The second-order valence-corrected chi connectivity index (χ2v) is 3.38. The summed E-state index contributed by atoms with van der Waals surface area (Å²) in [5.74, 6) is -0.342. The van der Waals surface area contributed by atoms with E-state index in [2.05, 4.69) is 0 Å². The number of ether oxygens (including phenoxy) is 2. The van der Waals surface area contributed by atoms with Crippen molar-refractivity contribution < 1.29 is 19.4 Å². The minimum absolute atomic E-state index is 0.342. The predicted molar refractivity (Wildman–Crippen MR) is 52.9 cm³/mol. The van der Waals surface area contributed by atoms with Crippen LogP contribution < -0.4 is 0 Å². The van der Waals surface area contributed by atoms with Crippen LogP contribution in [0.1, 0.15) is 33.6 Å². The molecule has 0 fully saturated rings. The monoisotopic (exact) mass is 204 g/mol. The minimum atomic E-state index is -0.643. The Hall–Kier alpha value is -0.610. The Morgan fingerprint density at radius 1 is 1.50 bits per heavy atom. The van der Waals surface area contributed by atoms with E-state index in [-0.39, 0.29) is 12.1 Å². The van der Waals surface area contributed by atoms with Crippen LogP contribution in [0, 0.1) is 0 Å². The lowest BCUT2D eigenvalue weighted by Gasteiger charge is -2.27. The number of hydrogen-bond acceptors (Lipinski definition) is 4. The van der Waals surface area contributed by atoms with E-state index in [4.69, 9.17) is 9.47 Å². The van der Waals surface area contributed by atoms with E-state index in [0.717, 1.165) is 6.42 Å². The standard InChI is InChI=1S/C10H20O4/c1-5-6-9(14-8(3)12)10(13-4)7(2)11/h7,9-11H,5-6H2,1-4H3. The summed E-state index contributed by atoms with van der Waals surface area (Å²) in [4.78, 5) is 10.8. The second kappa shape index (κ2) is 6.79. The number of esters is 1. The van der Waals surface area contributed by atoms with Gasteiger partial charge in [-0.2, -0.15) is 0 Å². The molecule has 0 heterocycles. The first-order chi connectivity index (χ1) is 6.52. The van der Waals surface area contributed by atoms with E-state index >= 15 is 0 Å². The van der Waals surface area contributed by atoms with Gasteiger partial charge in [-0.25, -0.2) is 0 Å². The summed E-state index contributed by atoms with van der Waals surface area (Å²) in [6.45, 7) is 4.98. The van der Waals surface area contributed by atoms with Crippen LogP contribution in [0.2, 0.25) is 0 Å². The van der Waals surface area contributed by atoms with Crippen molar-refractivity contribution in [2.45, 2.75) is 51.9 Å². The third-order valence-corrected chi connectivity index (χ3v) is 2.00. The molecule has 0 bridgehead atoms. The lowest BCUT2D eigenvalue weighted by molar-refractivity contribution is -0.159. The lowest BCUT2D eigenvalue weighted by atomic mass is 10.0. The van der Waals surface area contributed by atoms with Crippen LogP contribution in [-0.2, 0) is 14.3 Å². The van der Waals surface area contributed by atoms with Crippen molar-refractivity contribution in [3.05, 3.63) is 0 Å². The van der Waals surface area contributed by atoms with Gasteiger partial charge in [0.1, 0.15) is 12.2 Å². The molecule has 0 spiro atoms. The van der Waals surface area contributed by atoms with Gasteiger partial charge < -0.3 is 14.6 Å².